The van der Waals surface area contributed by atoms with E-state index in [4.69, 9.17) is 4.74 Å². The van der Waals surface area contributed by atoms with Gasteiger partial charge in [0.1, 0.15) is 4.47 Å². The van der Waals surface area contributed by atoms with Crippen LogP contribution in [0.5, 0.6) is 5.88 Å². The van der Waals surface area contributed by atoms with Gasteiger partial charge < -0.3 is 9.72 Å². The van der Waals surface area contributed by atoms with Crippen LogP contribution in [-0.2, 0) is 6.42 Å². The van der Waals surface area contributed by atoms with Crippen LogP contribution in [0.25, 0.3) is 0 Å². The summed E-state index contributed by atoms with van der Waals surface area (Å²) in [5, 5.41) is 2.02. The second-order valence-electron chi connectivity index (χ2n) is 3.03. The third kappa shape index (κ3) is 2.70. The molecule has 84 valence electrons. The summed E-state index contributed by atoms with van der Waals surface area (Å²) in [6.07, 6.45) is 2.14. The number of aromatic amines is 1. The fourth-order valence-electron chi connectivity index (χ4n) is 1.17. The molecule has 0 atom stereocenters. The summed E-state index contributed by atoms with van der Waals surface area (Å²) >= 11 is 4.82. The maximum atomic E-state index is 11.2. The van der Waals surface area contributed by atoms with Crippen LogP contribution >= 0.6 is 27.3 Å². The van der Waals surface area contributed by atoms with Crippen LogP contribution in [0, 0.1) is 0 Å². The van der Waals surface area contributed by atoms with Crippen LogP contribution in [0.2, 0.25) is 0 Å². The number of hydrogen-bond donors (Lipinski definition) is 1. The summed E-state index contributed by atoms with van der Waals surface area (Å²) in [6.45, 7) is 0.509. The van der Waals surface area contributed by atoms with Gasteiger partial charge in [0.25, 0.3) is 5.56 Å². The molecule has 0 aromatic carbocycles. The minimum Gasteiger partial charge on any atom is -0.476 e. The average molecular weight is 301 g/mol. The normalized spacial score (nSPS) is 10.3. The van der Waals surface area contributed by atoms with E-state index < -0.39 is 0 Å². The quantitative estimate of drug-likeness (QED) is 0.942. The van der Waals surface area contributed by atoms with Crippen LogP contribution in [-0.4, -0.2) is 16.6 Å². The first kappa shape index (κ1) is 11.3. The molecule has 0 saturated heterocycles. The number of aromatic nitrogens is 2. The monoisotopic (exact) mass is 300 g/mol. The summed E-state index contributed by atoms with van der Waals surface area (Å²) < 4.78 is 5.75. The van der Waals surface area contributed by atoms with Gasteiger partial charge in [-0.1, -0.05) is 6.07 Å². The Morgan fingerprint density at radius 1 is 1.56 bits per heavy atom. The molecule has 2 rings (SSSR count). The molecule has 16 heavy (non-hydrogen) atoms. The van der Waals surface area contributed by atoms with Crippen molar-refractivity contribution in [1.82, 2.24) is 9.97 Å². The van der Waals surface area contributed by atoms with Crippen molar-refractivity contribution < 1.29 is 4.74 Å². The van der Waals surface area contributed by atoms with Gasteiger partial charge in [0.2, 0.25) is 5.88 Å². The number of halogens is 1. The number of rotatable bonds is 4. The van der Waals surface area contributed by atoms with E-state index in [9.17, 15) is 4.79 Å². The Morgan fingerprint density at radius 2 is 2.44 bits per heavy atom. The van der Waals surface area contributed by atoms with E-state index in [1.807, 2.05) is 17.5 Å². The Kier molecular flexibility index (Phi) is 3.74. The Bertz CT molecular complexity index is 510. The minimum absolute atomic E-state index is 0.235. The molecular formula is C10H9BrN2O2S. The van der Waals surface area contributed by atoms with Gasteiger partial charge in [-0.3, -0.25) is 4.79 Å². The number of nitrogens with zero attached hydrogens (tertiary/aromatic N) is 1. The lowest BCUT2D eigenvalue weighted by Gasteiger charge is -2.04. The molecule has 0 amide bonds. The second-order valence-corrected chi connectivity index (χ2v) is 4.85. The molecule has 2 heterocycles. The van der Waals surface area contributed by atoms with Crippen molar-refractivity contribution in [2.45, 2.75) is 6.42 Å². The van der Waals surface area contributed by atoms with E-state index in [1.165, 1.54) is 11.2 Å². The molecule has 6 heteroatoms. The van der Waals surface area contributed by atoms with Crippen molar-refractivity contribution in [3.8, 4) is 5.88 Å². The molecule has 0 saturated carbocycles. The Morgan fingerprint density at radius 3 is 3.19 bits per heavy atom. The zero-order valence-electron chi connectivity index (χ0n) is 8.27. The Labute approximate surface area is 104 Å². The highest BCUT2D eigenvalue weighted by atomic mass is 79.9. The number of H-pyrrole nitrogens is 1. The molecule has 1 N–H and O–H groups in total. The van der Waals surface area contributed by atoms with Crippen LogP contribution in [0.1, 0.15) is 4.88 Å². The van der Waals surface area contributed by atoms with Crippen LogP contribution < -0.4 is 10.3 Å². The predicted octanol–water partition coefficient (Wildman–Crippen LogP) is 2.22. The number of hydrogen-bond acceptors (Lipinski definition) is 4. The number of nitrogens with one attached hydrogen (secondary N) is 1. The van der Waals surface area contributed by atoms with E-state index in [0.29, 0.717) is 17.0 Å². The van der Waals surface area contributed by atoms with Crippen molar-refractivity contribution >= 4 is 27.3 Å². The first-order valence-corrected chi connectivity index (χ1v) is 6.33. The fraction of sp³-hybridized carbons (Fsp3) is 0.200. The maximum absolute atomic E-state index is 11.2. The summed E-state index contributed by atoms with van der Waals surface area (Å²) in [6, 6.07) is 4.05. The van der Waals surface area contributed by atoms with E-state index in [1.54, 1.807) is 11.3 Å². The van der Waals surface area contributed by atoms with Crippen LogP contribution in [0.3, 0.4) is 0 Å². The molecule has 0 radical (unpaired) electrons. The van der Waals surface area contributed by atoms with Gasteiger partial charge >= 0.3 is 0 Å². The van der Waals surface area contributed by atoms with Gasteiger partial charge in [0.05, 0.1) is 12.9 Å². The van der Waals surface area contributed by atoms with Gasteiger partial charge in [-0.15, -0.1) is 11.3 Å². The fourth-order valence-corrected chi connectivity index (χ4v) is 2.19. The summed E-state index contributed by atoms with van der Waals surface area (Å²) in [5.74, 6) is 0.334. The lowest BCUT2D eigenvalue weighted by Crippen LogP contribution is -2.11. The van der Waals surface area contributed by atoms with E-state index in [0.717, 1.165) is 6.42 Å². The van der Waals surface area contributed by atoms with Crippen LogP contribution in [0.4, 0.5) is 0 Å². The van der Waals surface area contributed by atoms with Gasteiger partial charge in [-0.25, -0.2) is 4.98 Å². The molecule has 0 unspecified atom stereocenters. The lowest BCUT2D eigenvalue weighted by molar-refractivity contribution is 0.307. The zero-order valence-corrected chi connectivity index (χ0v) is 10.7. The number of ether oxygens (including phenoxy) is 1. The summed E-state index contributed by atoms with van der Waals surface area (Å²) in [4.78, 5) is 18.9. The third-order valence-electron chi connectivity index (χ3n) is 1.93. The lowest BCUT2D eigenvalue weighted by atomic mass is 10.4. The van der Waals surface area contributed by atoms with Crippen molar-refractivity contribution in [3.63, 3.8) is 0 Å². The molecule has 0 bridgehead atoms. The van der Waals surface area contributed by atoms with Gasteiger partial charge in [0, 0.05) is 11.3 Å². The molecule has 0 aliphatic rings. The highest BCUT2D eigenvalue weighted by molar-refractivity contribution is 9.10. The number of thiophene rings is 1. The van der Waals surface area contributed by atoms with E-state index in [-0.39, 0.29) is 5.56 Å². The van der Waals surface area contributed by atoms with Crippen molar-refractivity contribution in [3.05, 3.63) is 43.5 Å². The SMILES string of the molecule is O=c1[nH]cnc(OCCc2cccs2)c1Br. The van der Waals surface area contributed by atoms with Gasteiger partial charge in [-0.2, -0.15) is 0 Å². The molecule has 2 aromatic rings. The average Bonchev–Trinajstić information content (AvgIpc) is 2.77. The predicted molar refractivity (Wildman–Crippen MR) is 66.1 cm³/mol. The zero-order chi connectivity index (χ0) is 11.4. The van der Waals surface area contributed by atoms with Gasteiger partial charge in [0.15, 0.2) is 0 Å². The molecule has 2 aromatic heterocycles. The van der Waals surface area contributed by atoms with Crippen molar-refractivity contribution in [2.24, 2.45) is 0 Å². The molecule has 4 nitrogen and oxygen atoms in total. The standard InChI is InChI=1S/C10H9BrN2O2S/c11-8-9(14)12-6-13-10(8)15-4-3-7-2-1-5-16-7/h1-2,5-6H,3-4H2,(H,12,13,14). The van der Waals surface area contributed by atoms with Crippen LogP contribution in [0.15, 0.2) is 33.1 Å². The van der Waals surface area contributed by atoms with Crippen molar-refractivity contribution in [1.29, 1.82) is 0 Å². The highest BCUT2D eigenvalue weighted by Crippen LogP contribution is 2.16. The topological polar surface area (TPSA) is 55.0 Å². The molecule has 0 aliphatic heterocycles. The van der Waals surface area contributed by atoms with E-state index in [2.05, 4.69) is 25.9 Å². The summed E-state index contributed by atoms with van der Waals surface area (Å²) in [7, 11) is 0. The second kappa shape index (κ2) is 5.27. The third-order valence-corrected chi connectivity index (χ3v) is 3.57. The molecule has 0 fully saturated rings. The maximum Gasteiger partial charge on any atom is 0.268 e. The molecule has 0 spiro atoms. The first-order chi connectivity index (χ1) is 7.77. The Hall–Kier alpha value is -1.14. The smallest absolute Gasteiger partial charge is 0.268 e. The first-order valence-electron chi connectivity index (χ1n) is 4.66. The summed E-state index contributed by atoms with van der Waals surface area (Å²) in [5.41, 5.74) is -0.235. The van der Waals surface area contributed by atoms with Gasteiger partial charge in [-0.05, 0) is 27.4 Å². The van der Waals surface area contributed by atoms with Crippen molar-refractivity contribution in [2.75, 3.05) is 6.61 Å². The van der Waals surface area contributed by atoms with E-state index >= 15 is 0 Å². The molecule has 0 aliphatic carbocycles. The largest absolute Gasteiger partial charge is 0.476 e. The Balaban J connectivity index is 1.95. The minimum atomic E-state index is -0.235. The molecular weight excluding hydrogens is 292 g/mol. The highest BCUT2D eigenvalue weighted by Gasteiger charge is 2.06.